The second-order valence-corrected chi connectivity index (χ2v) is 5.86. The average Bonchev–Trinajstić information content (AvgIpc) is 3.16. The number of carbonyl (C=O) groups is 1. The van der Waals surface area contributed by atoms with Gasteiger partial charge < -0.3 is 11.1 Å². The third kappa shape index (κ3) is 3.45. The molecule has 0 aromatic carbocycles. The first-order valence-electron chi connectivity index (χ1n) is 7.43. The third-order valence-corrected chi connectivity index (χ3v) is 4.38. The van der Waals surface area contributed by atoms with Crippen LogP contribution in [0.1, 0.15) is 52.4 Å². The molecule has 4 nitrogen and oxygen atoms in total. The minimum absolute atomic E-state index is 0.00470. The largest absolute Gasteiger partial charge is 0.352 e. The molecule has 2 aliphatic rings. The molecule has 0 radical (unpaired) electrons. The van der Waals surface area contributed by atoms with Crippen LogP contribution in [-0.4, -0.2) is 41.5 Å². The van der Waals surface area contributed by atoms with Crippen LogP contribution in [0.3, 0.4) is 0 Å². The predicted octanol–water partition coefficient (Wildman–Crippen LogP) is 1.25. The predicted molar refractivity (Wildman–Crippen MR) is 73.2 cm³/mol. The van der Waals surface area contributed by atoms with Crippen LogP contribution in [0.4, 0.5) is 0 Å². The van der Waals surface area contributed by atoms with Crippen LogP contribution in [0, 0.1) is 0 Å². The molecule has 2 fully saturated rings. The molecule has 2 saturated carbocycles. The van der Waals surface area contributed by atoms with E-state index in [4.69, 9.17) is 5.73 Å². The summed E-state index contributed by atoms with van der Waals surface area (Å²) in [5, 5.41) is 3.11. The maximum atomic E-state index is 12.1. The van der Waals surface area contributed by atoms with Gasteiger partial charge in [0.25, 0.3) is 0 Å². The van der Waals surface area contributed by atoms with Crippen molar-refractivity contribution in [2.75, 3.05) is 6.54 Å². The number of likely N-dealkylation sites (N-methyl/N-ethyl adjacent to an activating group) is 1. The minimum Gasteiger partial charge on any atom is -0.352 e. The number of carbonyl (C=O) groups excluding carboxylic acids is 1. The molecular weight excluding hydrogens is 226 g/mol. The van der Waals surface area contributed by atoms with Crippen molar-refractivity contribution >= 4 is 5.91 Å². The molecule has 3 N–H and O–H groups in total. The van der Waals surface area contributed by atoms with Gasteiger partial charge in [-0.05, 0) is 52.0 Å². The Morgan fingerprint density at radius 2 is 1.89 bits per heavy atom. The standard InChI is InChI=1S/C14H27N3O/c1-3-17(13-8-4-11(15)5-9-13)10(2)14(18)16-12-6-7-12/h10-13H,3-9,15H2,1-2H3,(H,16,18). The molecule has 0 aromatic heterocycles. The van der Waals surface area contributed by atoms with Crippen molar-refractivity contribution in [3.63, 3.8) is 0 Å². The summed E-state index contributed by atoms with van der Waals surface area (Å²) in [5.74, 6) is 0.203. The SMILES string of the molecule is CCN(C1CCC(N)CC1)C(C)C(=O)NC1CC1. The molecule has 1 amide bonds. The summed E-state index contributed by atoms with van der Waals surface area (Å²) in [4.78, 5) is 14.5. The molecule has 0 aliphatic heterocycles. The number of nitrogens with zero attached hydrogens (tertiary/aromatic N) is 1. The van der Waals surface area contributed by atoms with Gasteiger partial charge in [0.15, 0.2) is 0 Å². The minimum atomic E-state index is -0.00470. The quantitative estimate of drug-likeness (QED) is 0.775. The normalized spacial score (nSPS) is 30.2. The number of amides is 1. The molecule has 0 spiro atoms. The van der Waals surface area contributed by atoms with Crippen LogP contribution >= 0.6 is 0 Å². The van der Waals surface area contributed by atoms with Crippen LogP contribution in [0.2, 0.25) is 0 Å². The van der Waals surface area contributed by atoms with Gasteiger partial charge in [-0.15, -0.1) is 0 Å². The average molecular weight is 253 g/mol. The van der Waals surface area contributed by atoms with Gasteiger partial charge >= 0.3 is 0 Å². The van der Waals surface area contributed by atoms with E-state index < -0.39 is 0 Å². The van der Waals surface area contributed by atoms with E-state index in [-0.39, 0.29) is 11.9 Å². The lowest BCUT2D eigenvalue weighted by Crippen LogP contribution is -2.51. The van der Waals surface area contributed by atoms with E-state index in [1.54, 1.807) is 0 Å². The van der Waals surface area contributed by atoms with Gasteiger partial charge in [0.05, 0.1) is 6.04 Å². The van der Waals surface area contributed by atoms with Gasteiger partial charge in [0.1, 0.15) is 0 Å². The summed E-state index contributed by atoms with van der Waals surface area (Å²) in [5.41, 5.74) is 5.95. The number of hydrogen-bond donors (Lipinski definition) is 2. The number of nitrogens with two attached hydrogens (primary N) is 1. The van der Waals surface area contributed by atoms with E-state index in [2.05, 4.69) is 17.1 Å². The zero-order valence-electron chi connectivity index (χ0n) is 11.7. The second kappa shape index (κ2) is 6.02. The number of rotatable bonds is 5. The highest BCUT2D eigenvalue weighted by molar-refractivity contribution is 5.81. The summed E-state index contributed by atoms with van der Waals surface area (Å²) in [7, 11) is 0. The van der Waals surface area contributed by atoms with Crippen molar-refractivity contribution in [3.05, 3.63) is 0 Å². The molecule has 1 atom stereocenters. The molecule has 1 unspecified atom stereocenters. The van der Waals surface area contributed by atoms with E-state index >= 15 is 0 Å². The summed E-state index contributed by atoms with van der Waals surface area (Å²) in [6.07, 6.45) is 6.77. The monoisotopic (exact) mass is 253 g/mol. The molecule has 104 valence electrons. The lowest BCUT2D eigenvalue weighted by atomic mass is 9.90. The van der Waals surface area contributed by atoms with Crippen molar-refractivity contribution in [3.8, 4) is 0 Å². The van der Waals surface area contributed by atoms with Crippen molar-refractivity contribution in [1.82, 2.24) is 10.2 Å². The fourth-order valence-electron chi connectivity index (χ4n) is 2.98. The zero-order chi connectivity index (χ0) is 13.1. The molecule has 18 heavy (non-hydrogen) atoms. The van der Waals surface area contributed by atoms with E-state index in [0.717, 1.165) is 45.1 Å². The Kier molecular flexibility index (Phi) is 4.62. The first kappa shape index (κ1) is 13.8. The fourth-order valence-corrected chi connectivity index (χ4v) is 2.98. The Morgan fingerprint density at radius 1 is 1.28 bits per heavy atom. The van der Waals surface area contributed by atoms with Gasteiger partial charge in [0.2, 0.25) is 5.91 Å². The van der Waals surface area contributed by atoms with Crippen molar-refractivity contribution in [2.24, 2.45) is 5.73 Å². The van der Waals surface area contributed by atoms with Crippen LogP contribution in [0.25, 0.3) is 0 Å². The van der Waals surface area contributed by atoms with Crippen molar-refractivity contribution in [2.45, 2.75) is 76.5 Å². The molecule has 0 bridgehead atoms. The summed E-state index contributed by atoms with van der Waals surface area (Å²) < 4.78 is 0. The Bertz CT molecular complexity index is 283. The maximum Gasteiger partial charge on any atom is 0.237 e. The van der Waals surface area contributed by atoms with Gasteiger partial charge in [-0.3, -0.25) is 9.69 Å². The molecule has 0 heterocycles. The summed E-state index contributed by atoms with van der Waals surface area (Å²) in [6, 6.07) is 1.36. The second-order valence-electron chi connectivity index (χ2n) is 5.86. The van der Waals surface area contributed by atoms with Crippen LogP contribution in [0.5, 0.6) is 0 Å². The van der Waals surface area contributed by atoms with Crippen LogP contribution in [-0.2, 0) is 4.79 Å². The van der Waals surface area contributed by atoms with E-state index in [1.165, 1.54) is 0 Å². The van der Waals surface area contributed by atoms with Crippen molar-refractivity contribution in [1.29, 1.82) is 0 Å². The summed E-state index contributed by atoms with van der Waals surface area (Å²) in [6.45, 7) is 5.13. The first-order chi connectivity index (χ1) is 8.61. The first-order valence-corrected chi connectivity index (χ1v) is 7.43. The Balaban J connectivity index is 1.87. The zero-order valence-corrected chi connectivity index (χ0v) is 11.7. The lowest BCUT2D eigenvalue weighted by Gasteiger charge is -2.38. The molecule has 2 rings (SSSR count). The van der Waals surface area contributed by atoms with Crippen LogP contribution < -0.4 is 11.1 Å². The molecule has 4 heteroatoms. The molecule has 2 aliphatic carbocycles. The van der Waals surface area contributed by atoms with Gasteiger partial charge in [0, 0.05) is 18.1 Å². The van der Waals surface area contributed by atoms with Gasteiger partial charge in [-0.1, -0.05) is 6.92 Å². The van der Waals surface area contributed by atoms with Crippen LogP contribution in [0.15, 0.2) is 0 Å². The third-order valence-electron chi connectivity index (χ3n) is 4.38. The molecule has 0 aromatic rings. The van der Waals surface area contributed by atoms with E-state index in [1.807, 2.05) is 6.92 Å². The highest BCUT2D eigenvalue weighted by Crippen LogP contribution is 2.24. The van der Waals surface area contributed by atoms with E-state index in [0.29, 0.717) is 18.1 Å². The number of hydrogen-bond acceptors (Lipinski definition) is 3. The highest BCUT2D eigenvalue weighted by Gasteiger charge is 2.32. The number of nitrogens with one attached hydrogen (secondary N) is 1. The highest BCUT2D eigenvalue weighted by atomic mass is 16.2. The van der Waals surface area contributed by atoms with Crippen molar-refractivity contribution < 1.29 is 4.79 Å². The van der Waals surface area contributed by atoms with E-state index in [9.17, 15) is 4.79 Å². The smallest absolute Gasteiger partial charge is 0.237 e. The van der Waals surface area contributed by atoms with Gasteiger partial charge in [-0.25, -0.2) is 0 Å². The molecular formula is C14H27N3O. The lowest BCUT2D eigenvalue weighted by molar-refractivity contribution is -0.127. The van der Waals surface area contributed by atoms with Gasteiger partial charge in [-0.2, -0.15) is 0 Å². The topological polar surface area (TPSA) is 58.4 Å². The summed E-state index contributed by atoms with van der Waals surface area (Å²) >= 11 is 0. The Morgan fingerprint density at radius 3 is 2.39 bits per heavy atom. The molecule has 0 saturated heterocycles. The maximum absolute atomic E-state index is 12.1. The Labute approximate surface area is 110 Å². The Hall–Kier alpha value is -0.610. The fraction of sp³-hybridized carbons (Fsp3) is 0.929.